The number of H-pyrrole nitrogens is 1. The quantitative estimate of drug-likeness (QED) is 0.407. The van der Waals surface area contributed by atoms with Crippen LogP contribution in [-0.4, -0.2) is 36.1 Å². The van der Waals surface area contributed by atoms with Gasteiger partial charge in [-0.05, 0) is 24.3 Å². The molecular weight excluding hydrogens is 384 g/mol. The number of carboxylic acids is 1. The van der Waals surface area contributed by atoms with Crippen molar-refractivity contribution in [1.82, 2.24) is 19.9 Å². The molecule has 4 N–H and O–H groups in total. The van der Waals surface area contributed by atoms with Crippen LogP contribution in [0, 0.1) is 11.6 Å². The monoisotopic (exact) mass is 397 g/mol. The lowest BCUT2D eigenvalue weighted by Crippen LogP contribution is -2.03. The van der Waals surface area contributed by atoms with Crippen LogP contribution in [0.1, 0.15) is 5.69 Å². The van der Waals surface area contributed by atoms with Gasteiger partial charge in [0.05, 0.1) is 35.1 Å². The largest absolute Gasteiger partial charge is 0.494 e. The Balaban J connectivity index is 1.79. The number of aromatic amines is 1. The van der Waals surface area contributed by atoms with E-state index in [9.17, 15) is 18.7 Å². The van der Waals surface area contributed by atoms with E-state index < -0.39 is 23.2 Å². The predicted molar refractivity (Wildman–Crippen MR) is 99.8 cm³/mol. The molecule has 0 atom stereocenters. The molecule has 0 aliphatic rings. The average Bonchev–Trinajstić information content (AvgIpc) is 3.04. The van der Waals surface area contributed by atoms with Gasteiger partial charge in [0.2, 0.25) is 5.88 Å². The number of hydrogen-bond donors (Lipinski definition) is 4. The first kappa shape index (κ1) is 18.3. The maximum Gasteiger partial charge on any atom is 0.309 e. The first-order valence-corrected chi connectivity index (χ1v) is 8.38. The Morgan fingerprint density at radius 3 is 2.55 bits per heavy atom. The fourth-order valence-corrected chi connectivity index (χ4v) is 2.83. The summed E-state index contributed by atoms with van der Waals surface area (Å²) >= 11 is 0. The predicted octanol–water partition coefficient (Wildman–Crippen LogP) is 3.37. The van der Waals surface area contributed by atoms with E-state index >= 15 is 0 Å². The molecule has 0 amide bonds. The molecule has 8 nitrogen and oxygen atoms in total. The van der Waals surface area contributed by atoms with Crippen LogP contribution >= 0.6 is 0 Å². The Bertz CT molecular complexity index is 1200. The van der Waals surface area contributed by atoms with Gasteiger partial charge in [-0.3, -0.25) is 9.78 Å². The lowest BCUT2D eigenvalue weighted by molar-refractivity contribution is -0.136. The number of pyridine rings is 1. The van der Waals surface area contributed by atoms with E-state index in [-0.39, 0.29) is 34.8 Å². The maximum atomic E-state index is 14.2. The number of nitrogens with zero attached hydrogens (tertiary/aromatic N) is 3. The number of hydrogen-bond acceptors (Lipinski definition) is 6. The summed E-state index contributed by atoms with van der Waals surface area (Å²) in [6.45, 7) is 0. The van der Waals surface area contributed by atoms with E-state index in [4.69, 9.17) is 5.11 Å². The smallest absolute Gasteiger partial charge is 0.309 e. The van der Waals surface area contributed by atoms with Crippen molar-refractivity contribution in [1.29, 1.82) is 0 Å². The van der Waals surface area contributed by atoms with Gasteiger partial charge in [-0.25, -0.2) is 18.7 Å². The highest BCUT2D eigenvalue weighted by molar-refractivity contribution is 5.96. The number of carbonyl (C=O) groups is 1. The van der Waals surface area contributed by atoms with Gasteiger partial charge in [0.15, 0.2) is 5.82 Å². The second-order valence-corrected chi connectivity index (χ2v) is 6.12. The van der Waals surface area contributed by atoms with Crippen LogP contribution in [0.2, 0.25) is 0 Å². The molecule has 0 bridgehead atoms. The Hall–Kier alpha value is -4.08. The zero-order valence-electron chi connectivity index (χ0n) is 14.6. The standard InChI is InChI=1S/C19H13F2N5O3/c20-11-2-1-3-12(21)15(11)17-25-13-8-23-19(29)16(13)18(26-17)24-10-5-4-9(22-7-10)6-14(27)28/h1-5,7-8,23,29H,6H2,(H,27,28)(H,24,25,26). The van der Waals surface area contributed by atoms with Crippen LogP contribution < -0.4 is 5.32 Å². The van der Waals surface area contributed by atoms with E-state index in [1.54, 1.807) is 6.07 Å². The molecule has 3 aromatic heterocycles. The third-order valence-electron chi connectivity index (χ3n) is 4.13. The van der Waals surface area contributed by atoms with Crippen molar-refractivity contribution < 1.29 is 23.8 Å². The van der Waals surface area contributed by atoms with Gasteiger partial charge in [-0.1, -0.05) is 6.07 Å². The molecule has 0 radical (unpaired) electrons. The fourth-order valence-electron chi connectivity index (χ4n) is 2.83. The summed E-state index contributed by atoms with van der Waals surface area (Å²) in [5.41, 5.74) is 0.635. The van der Waals surface area contributed by atoms with Crippen LogP contribution in [0.5, 0.6) is 5.88 Å². The topological polar surface area (TPSA) is 124 Å². The molecule has 0 unspecified atom stereocenters. The molecule has 29 heavy (non-hydrogen) atoms. The van der Waals surface area contributed by atoms with Crippen LogP contribution in [0.25, 0.3) is 22.3 Å². The van der Waals surface area contributed by atoms with Gasteiger partial charge in [0, 0.05) is 6.20 Å². The number of aliphatic carboxylic acids is 1. The summed E-state index contributed by atoms with van der Waals surface area (Å²) < 4.78 is 28.4. The summed E-state index contributed by atoms with van der Waals surface area (Å²) in [5, 5.41) is 22.0. The van der Waals surface area contributed by atoms with Crippen LogP contribution in [0.4, 0.5) is 20.3 Å². The fraction of sp³-hybridized carbons (Fsp3) is 0.0526. The number of rotatable bonds is 5. The van der Waals surface area contributed by atoms with E-state index in [2.05, 4.69) is 25.3 Å². The summed E-state index contributed by atoms with van der Waals surface area (Å²) in [6.07, 6.45) is 2.54. The highest BCUT2D eigenvalue weighted by atomic mass is 19.1. The highest BCUT2D eigenvalue weighted by Crippen LogP contribution is 2.34. The molecule has 0 aliphatic carbocycles. The molecule has 3 heterocycles. The molecule has 10 heteroatoms. The molecule has 146 valence electrons. The Labute approximate surface area is 161 Å². The first-order valence-electron chi connectivity index (χ1n) is 8.38. The molecule has 0 saturated heterocycles. The molecular formula is C19H13F2N5O3. The normalized spacial score (nSPS) is 11.0. The van der Waals surface area contributed by atoms with Crippen LogP contribution in [-0.2, 0) is 11.2 Å². The van der Waals surface area contributed by atoms with E-state index in [0.29, 0.717) is 11.4 Å². The Morgan fingerprint density at radius 2 is 1.90 bits per heavy atom. The number of aromatic nitrogens is 4. The van der Waals surface area contributed by atoms with Crippen LogP contribution in [0.15, 0.2) is 42.7 Å². The summed E-state index contributed by atoms with van der Waals surface area (Å²) in [5.74, 6) is -2.99. The van der Waals surface area contributed by atoms with Crippen molar-refractivity contribution >= 4 is 28.4 Å². The Kier molecular flexibility index (Phi) is 4.51. The third-order valence-corrected chi connectivity index (χ3v) is 4.13. The number of carboxylic acid groups (broad SMARTS) is 1. The summed E-state index contributed by atoms with van der Waals surface area (Å²) in [4.78, 5) is 25.7. The van der Waals surface area contributed by atoms with E-state index in [1.807, 2.05) is 0 Å². The highest BCUT2D eigenvalue weighted by Gasteiger charge is 2.19. The van der Waals surface area contributed by atoms with Crippen molar-refractivity contribution in [2.24, 2.45) is 0 Å². The van der Waals surface area contributed by atoms with Crippen molar-refractivity contribution in [3.63, 3.8) is 0 Å². The second kappa shape index (κ2) is 7.15. The number of halogens is 2. The molecule has 1 aromatic carbocycles. The zero-order valence-corrected chi connectivity index (χ0v) is 14.6. The van der Waals surface area contributed by atoms with E-state index in [1.165, 1.54) is 24.5 Å². The lowest BCUT2D eigenvalue weighted by atomic mass is 10.1. The van der Waals surface area contributed by atoms with Gasteiger partial charge in [0.25, 0.3) is 0 Å². The third kappa shape index (κ3) is 3.55. The minimum atomic E-state index is -1.01. The van der Waals surface area contributed by atoms with Crippen LogP contribution in [0.3, 0.4) is 0 Å². The minimum Gasteiger partial charge on any atom is -0.494 e. The Morgan fingerprint density at radius 1 is 1.14 bits per heavy atom. The van der Waals surface area contributed by atoms with Gasteiger partial charge in [-0.2, -0.15) is 0 Å². The molecule has 0 saturated carbocycles. The van der Waals surface area contributed by atoms with Crippen molar-refractivity contribution in [3.8, 4) is 17.3 Å². The van der Waals surface area contributed by atoms with Gasteiger partial charge in [-0.15, -0.1) is 0 Å². The van der Waals surface area contributed by atoms with Crippen molar-refractivity contribution in [2.45, 2.75) is 6.42 Å². The second-order valence-electron chi connectivity index (χ2n) is 6.12. The molecule has 0 fully saturated rings. The minimum absolute atomic E-state index is 0.0965. The SMILES string of the molecule is O=C(O)Cc1ccc(Nc2nc(-c3c(F)cccc3F)nc3c[nH]c(O)c23)cn1. The van der Waals surface area contributed by atoms with Crippen molar-refractivity contribution in [2.75, 3.05) is 5.32 Å². The molecule has 4 aromatic rings. The number of anilines is 2. The van der Waals surface area contributed by atoms with E-state index in [0.717, 1.165) is 12.1 Å². The number of nitrogens with one attached hydrogen (secondary N) is 2. The first-order chi connectivity index (χ1) is 13.9. The number of benzene rings is 1. The number of aromatic hydroxyl groups is 1. The molecule has 4 rings (SSSR count). The summed E-state index contributed by atoms with van der Waals surface area (Å²) in [6, 6.07) is 6.52. The van der Waals surface area contributed by atoms with Gasteiger partial charge in [0.1, 0.15) is 22.8 Å². The lowest BCUT2D eigenvalue weighted by Gasteiger charge is -2.10. The van der Waals surface area contributed by atoms with Crippen molar-refractivity contribution in [3.05, 3.63) is 60.1 Å². The van der Waals surface area contributed by atoms with Gasteiger partial charge >= 0.3 is 5.97 Å². The van der Waals surface area contributed by atoms with Gasteiger partial charge < -0.3 is 20.5 Å². The number of fused-ring (bicyclic) bond motifs is 1. The maximum absolute atomic E-state index is 14.2. The molecule has 0 aliphatic heterocycles. The molecule has 0 spiro atoms. The zero-order chi connectivity index (χ0) is 20.5. The summed E-state index contributed by atoms with van der Waals surface area (Å²) in [7, 11) is 0. The average molecular weight is 397 g/mol.